The van der Waals surface area contributed by atoms with E-state index in [2.05, 4.69) is 10.6 Å². The third kappa shape index (κ3) is 5.46. The molecule has 25 heavy (non-hydrogen) atoms. The smallest absolute Gasteiger partial charge is 0.325 e. The van der Waals surface area contributed by atoms with Crippen LogP contribution in [0.25, 0.3) is 0 Å². The predicted molar refractivity (Wildman–Crippen MR) is 94.3 cm³/mol. The van der Waals surface area contributed by atoms with Crippen molar-refractivity contribution in [3.8, 4) is 0 Å². The molecule has 2 aromatic rings. The number of carbonyl (C=O) groups is 3. The molecule has 0 aliphatic heterocycles. The summed E-state index contributed by atoms with van der Waals surface area (Å²) in [5.41, 5.74) is 3.14. The molecule has 0 aliphatic rings. The first-order chi connectivity index (χ1) is 12.0. The summed E-state index contributed by atoms with van der Waals surface area (Å²) >= 11 is 0. The SMILES string of the molecule is Cc1cccc(NC(=O)COC(=O)CNC(=O)c2ccccc2)c1C. The van der Waals surface area contributed by atoms with Crippen molar-refractivity contribution in [2.24, 2.45) is 0 Å². The molecule has 6 nitrogen and oxygen atoms in total. The van der Waals surface area contributed by atoms with Gasteiger partial charge < -0.3 is 15.4 Å². The summed E-state index contributed by atoms with van der Waals surface area (Å²) in [6.07, 6.45) is 0. The zero-order valence-electron chi connectivity index (χ0n) is 14.2. The van der Waals surface area contributed by atoms with Crippen LogP contribution in [0.5, 0.6) is 0 Å². The molecule has 0 radical (unpaired) electrons. The van der Waals surface area contributed by atoms with Gasteiger partial charge in [0, 0.05) is 11.3 Å². The standard InChI is InChI=1S/C19H20N2O4/c1-13-7-6-10-16(14(13)2)21-17(22)12-25-18(23)11-20-19(24)15-8-4-3-5-9-15/h3-10H,11-12H2,1-2H3,(H,20,24)(H,21,22). The van der Waals surface area contributed by atoms with Crippen molar-refractivity contribution in [1.82, 2.24) is 5.32 Å². The number of aryl methyl sites for hydroxylation is 1. The van der Waals surface area contributed by atoms with Gasteiger partial charge in [0.05, 0.1) is 0 Å². The fourth-order valence-corrected chi connectivity index (χ4v) is 2.11. The lowest BCUT2D eigenvalue weighted by atomic mass is 10.1. The molecule has 6 heteroatoms. The number of anilines is 1. The van der Waals surface area contributed by atoms with Crippen molar-refractivity contribution in [2.45, 2.75) is 13.8 Å². The highest BCUT2D eigenvalue weighted by atomic mass is 16.5. The van der Waals surface area contributed by atoms with Crippen LogP contribution < -0.4 is 10.6 Å². The average Bonchev–Trinajstić information content (AvgIpc) is 2.62. The number of hydrogen-bond acceptors (Lipinski definition) is 4. The Morgan fingerprint density at radius 3 is 2.40 bits per heavy atom. The molecule has 0 saturated carbocycles. The highest BCUT2D eigenvalue weighted by Crippen LogP contribution is 2.17. The highest BCUT2D eigenvalue weighted by Gasteiger charge is 2.11. The van der Waals surface area contributed by atoms with Crippen molar-refractivity contribution >= 4 is 23.5 Å². The van der Waals surface area contributed by atoms with Gasteiger partial charge in [-0.25, -0.2) is 0 Å². The van der Waals surface area contributed by atoms with E-state index in [0.29, 0.717) is 11.3 Å². The molecule has 0 fully saturated rings. The fraction of sp³-hybridized carbons (Fsp3) is 0.211. The zero-order valence-corrected chi connectivity index (χ0v) is 14.2. The van der Waals surface area contributed by atoms with Crippen LogP contribution >= 0.6 is 0 Å². The fourth-order valence-electron chi connectivity index (χ4n) is 2.11. The normalized spacial score (nSPS) is 10.0. The van der Waals surface area contributed by atoms with Crippen LogP contribution in [0, 0.1) is 13.8 Å². The van der Waals surface area contributed by atoms with E-state index in [1.54, 1.807) is 36.4 Å². The maximum Gasteiger partial charge on any atom is 0.325 e. The quantitative estimate of drug-likeness (QED) is 0.790. The van der Waals surface area contributed by atoms with E-state index >= 15 is 0 Å². The molecule has 0 heterocycles. The van der Waals surface area contributed by atoms with Crippen molar-refractivity contribution in [2.75, 3.05) is 18.5 Å². The second-order valence-electron chi connectivity index (χ2n) is 5.51. The van der Waals surface area contributed by atoms with E-state index in [4.69, 9.17) is 4.74 Å². The number of carbonyl (C=O) groups excluding carboxylic acids is 3. The van der Waals surface area contributed by atoms with Crippen LogP contribution in [0.15, 0.2) is 48.5 Å². The van der Waals surface area contributed by atoms with Gasteiger partial charge in [0.2, 0.25) is 0 Å². The van der Waals surface area contributed by atoms with Gasteiger partial charge in [-0.1, -0.05) is 30.3 Å². The Morgan fingerprint density at radius 1 is 0.960 bits per heavy atom. The van der Waals surface area contributed by atoms with E-state index in [-0.39, 0.29) is 12.5 Å². The summed E-state index contributed by atoms with van der Waals surface area (Å²) in [7, 11) is 0. The first-order valence-electron chi connectivity index (χ1n) is 7.82. The van der Waals surface area contributed by atoms with E-state index < -0.39 is 18.5 Å². The topological polar surface area (TPSA) is 84.5 Å². The van der Waals surface area contributed by atoms with Crippen molar-refractivity contribution in [3.63, 3.8) is 0 Å². The predicted octanol–water partition coefficient (Wildman–Crippen LogP) is 2.22. The molecule has 0 aromatic heterocycles. The molecule has 0 aliphatic carbocycles. The maximum absolute atomic E-state index is 11.9. The van der Waals surface area contributed by atoms with Crippen LogP contribution in [0.4, 0.5) is 5.69 Å². The Hall–Kier alpha value is -3.15. The minimum absolute atomic E-state index is 0.301. The van der Waals surface area contributed by atoms with Gasteiger partial charge in [0.15, 0.2) is 6.61 Å². The van der Waals surface area contributed by atoms with Gasteiger partial charge in [-0.05, 0) is 43.2 Å². The van der Waals surface area contributed by atoms with E-state index in [9.17, 15) is 14.4 Å². The lowest BCUT2D eigenvalue weighted by Crippen LogP contribution is -2.32. The monoisotopic (exact) mass is 340 g/mol. The molecule has 2 N–H and O–H groups in total. The summed E-state index contributed by atoms with van der Waals surface area (Å²) in [4.78, 5) is 35.3. The third-order valence-electron chi connectivity index (χ3n) is 3.67. The molecule has 2 rings (SSSR count). The first kappa shape index (κ1) is 18.2. The van der Waals surface area contributed by atoms with Gasteiger partial charge >= 0.3 is 5.97 Å². The number of rotatable bonds is 6. The van der Waals surface area contributed by atoms with Crippen LogP contribution in [0.3, 0.4) is 0 Å². The number of nitrogens with one attached hydrogen (secondary N) is 2. The lowest BCUT2D eigenvalue weighted by molar-refractivity contribution is -0.146. The molecule has 0 atom stereocenters. The Morgan fingerprint density at radius 2 is 1.68 bits per heavy atom. The number of amides is 2. The first-order valence-corrected chi connectivity index (χ1v) is 7.82. The van der Waals surface area contributed by atoms with Gasteiger partial charge in [0.1, 0.15) is 6.54 Å². The highest BCUT2D eigenvalue weighted by molar-refractivity contribution is 5.96. The molecule has 0 bridgehead atoms. The molecular formula is C19H20N2O4. The Bertz CT molecular complexity index is 772. The zero-order chi connectivity index (χ0) is 18.2. The largest absolute Gasteiger partial charge is 0.454 e. The van der Waals surface area contributed by atoms with E-state index in [1.807, 2.05) is 26.0 Å². The van der Waals surface area contributed by atoms with Crippen molar-refractivity contribution in [3.05, 3.63) is 65.2 Å². The molecule has 130 valence electrons. The van der Waals surface area contributed by atoms with Gasteiger partial charge in [0.25, 0.3) is 11.8 Å². The van der Waals surface area contributed by atoms with Crippen molar-refractivity contribution in [1.29, 1.82) is 0 Å². The Labute approximate surface area is 146 Å². The summed E-state index contributed by atoms with van der Waals surface area (Å²) in [6.45, 7) is 3.13. The van der Waals surface area contributed by atoms with Crippen LogP contribution in [0.1, 0.15) is 21.5 Å². The number of esters is 1. The Kier molecular flexibility index (Phi) is 6.28. The average molecular weight is 340 g/mol. The second-order valence-corrected chi connectivity index (χ2v) is 5.51. The van der Waals surface area contributed by atoms with Gasteiger partial charge in [-0.2, -0.15) is 0 Å². The van der Waals surface area contributed by atoms with Crippen LogP contribution in [0.2, 0.25) is 0 Å². The summed E-state index contributed by atoms with van der Waals surface area (Å²) in [5.74, 6) is -1.49. The molecule has 2 aromatic carbocycles. The molecule has 0 saturated heterocycles. The van der Waals surface area contributed by atoms with Crippen LogP contribution in [-0.4, -0.2) is 30.9 Å². The number of ether oxygens (including phenoxy) is 1. The molecule has 0 unspecified atom stereocenters. The lowest BCUT2D eigenvalue weighted by Gasteiger charge is -2.11. The summed E-state index contributed by atoms with van der Waals surface area (Å²) in [5, 5.41) is 5.14. The van der Waals surface area contributed by atoms with Crippen molar-refractivity contribution < 1.29 is 19.1 Å². The van der Waals surface area contributed by atoms with E-state index in [1.165, 1.54) is 0 Å². The Balaban J connectivity index is 1.75. The molecule has 2 amide bonds. The molecular weight excluding hydrogens is 320 g/mol. The van der Waals surface area contributed by atoms with Gasteiger partial charge in [-0.15, -0.1) is 0 Å². The minimum Gasteiger partial charge on any atom is -0.454 e. The minimum atomic E-state index is -0.680. The molecule has 0 spiro atoms. The number of hydrogen-bond donors (Lipinski definition) is 2. The summed E-state index contributed by atoms with van der Waals surface area (Å²) < 4.78 is 4.87. The van der Waals surface area contributed by atoms with Gasteiger partial charge in [-0.3, -0.25) is 14.4 Å². The third-order valence-corrected chi connectivity index (χ3v) is 3.67. The second kappa shape index (κ2) is 8.63. The maximum atomic E-state index is 11.9. The van der Waals surface area contributed by atoms with Crippen LogP contribution in [-0.2, 0) is 14.3 Å². The number of benzene rings is 2. The summed E-state index contributed by atoms with van der Waals surface area (Å²) in [6, 6.07) is 14.1. The van der Waals surface area contributed by atoms with E-state index in [0.717, 1.165) is 11.1 Å².